The molecule has 0 aromatic heterocycles. The molecule has 2 amide bonds. The van der Waals surface area contributed by atoms with Gasteiger partial charge in [-0.2, -0.15) is 0 Å². The zero-order valence-electron chi connectivity index (χ0n) is 16.4. The molecule has 0 aliphatic carbocycles. The Kier molecular flexibility index (Phi) is 7.10. The van der Waals surface area contributed by atoms with Crippen LogP contribution in [0.3, 0.4) is 0 Å². The average Bonchev–Trinajstić information content (AvgIpc) is 2.73. The van der Waals surface area contributed by atoms with Crippen LogP contribution in [-0.2, 0) is 16.0 Å². The molecule has 2 aliphatic heterocycles. The summed E-state index contributed by atoms with van der Waals surface area (Å²) in [6, 6.07) is 7.68. The zero-order valence-corrected chi connectivity index (χ0v) is 16.4. The third kappa shape index (κ3) is 5.45. The standard InChI is InChI=1S/C21H31N3O3/c1-27-19-8-4-3-7-18(19)17-21(26)24-15-13-22(14-16-24)12-9-20(25)23-10-5-2-6-11-23/h3-4,7-8H,2,5-6,9-17H2,1H3. The van der Waals surface area contributed by atoms with Crippen molar-refractivity contribution in [3.05, 3.63) is 29.8 Å². The number of methoxy groups -OCH3 is 1. The predicted octanol–water partition coefficient (Wildman–Crippen LogP) is 1.78. The van der Waals surface area contributed by atoms with Crippen LogP contribution in [0.1, 0.15) is 31.2 Å². The highest BCUT2D eigenvalue weighted by molar-refractivity contribution is 5.79. The summed E-state index contributed by atoms with van der Waals surface area (Å²) in [5.74, 6) is 1.19. The Bertz CT molecular complexity index is 635. The first-order valence-corrected chi connectivity index (χ1v) is 10.1. The largest absolute Gasteiger partial charge is 0.496 e. The molecule has 6 nitrogen and oxygen atoms in total. The van der Waals surface area contributed by atoms with Gasteiger partial charge in [0.1, 0.15) is 5.75 Å². The second-order valence-electron chi connectivity index (χ2n) is 7.40. The molecule has 2 heterocycles. The number of hydrogen-bond donors (Lipinski definition) is 0. The summed E-state index contributed by atoms with van der Waals surface area (Å²) in [6.07, 6.45) is 4.48. The number of carbonyl (C=O) groups is 2. The highest BCUT2D eigenvalue weighted by Crippen LogP contribution is 2.19. The van der Waals surface area contributed by atoms with Crippen molar-refractivity contribution in [2.45, 2.75) is 32.1 Å². The van der Waals surface area contributed by atoms with Crippen LogP contribution in [0.5, 0.6) is 5.75 Å². The third-order valence-corrected chi connectivity index (χ3v) is 5.61. The van der Waals surface area contributed by atoms with Gasteiger partial charge in [0.05, 0.1) is 13.5 Å². The first-order valence-electron chi connectivity index (χ1n) is 10.1. The molecular weight excluding hydrogens is 342 g/mol. The van der Waals surface area contributed by atoms with Gasteiger partial charge in [-0.3, -0.25) is 14.5 Å². The van der Waals surface area contributed by atoms with Crippen LogP contribution in [0.4, 0.5) is 0 Å². The van der Waals surface area contributed by atoms with Gasteiger partial charge in [-0.1, -0.05) is 18.2 Å². The predicted molar refractivity (Wildman–Crippen MR) is 105 cm³/mol. The summed E-state index contributed by atoms with van der Waals surface area (Å²) < 4.78 is 5.34. The number of benzene rings is 1. The van der Waals surface area contributed by atoms with Crippen LogP contribution in [0, 0.1) is 0 Å². The fourth-order valence-electron chi connectivity index (χ4n) is 3.90. The maximum Gasteiger partial charge on any atom is 0.227 e. The quantitative estimate of drug-likeness (QED) is 0.763. The van der Waals surface area contributed by atoms with Crippen LogP contribution in [0.15, 0.2) is 24.3 Å². The lowest BCUT2D eigenvalue weighted by Gasteiger charge is -2.35. The van der Waals surface area contributed by atoms with Crippen molar-refractivity contribution in [1.29, 1.82) is 0 Å². The highest BCUT2D eigenvalue weighted by atomic mass is 16.5. The van der Waals surface area contributed by atoms with Crippen LogP contribution < -0.4 is 4.74 Å². The normalized spacial score (nSPS) is 18.4. The SMILES string of the molecule is COc1ccccc1CC(=O)N1CCN(CCC(=O)N2CCCCC2)CC1. The zero-order chi connectivity index (χ0) is 19.1. The first kappa shape index (κ1) is 19.7. The molecule has 27 heavy (non-hydrogen) atoms. The lowest BCUT2D eigenvalue weighted by atomic mass is 10.1. The van der Waals surface area contributed by atoms with E-state index in [2.05, 4.69) is 4.90 Å². The number of nitrogens with zero attached hydrogens (tertiary/aromatic N) is 3. The van der Waals surface area contributed by atoms with Gasteiger partial charge in [0, 0.05) is 57.8 Å². The van der Waals surface area contributed by atoms with Crippen LogP contribution in [0.25, 0.3) is 0 Å². The lowest BCUT2D eigenvalue weighted by molar-refractivity contribution is -0.134. The van der Waals surface area contributed by atoms with Crippen molar-refractivity contribution in [3.63, 3.8) is 0 Å². The smallest absolute Gasteiger partial charge is 0.227 e. The van der Waals surface area contributed by atoms with E-state index in [0.29, 0.717) is 12.8 Å². The van der Waals surface area contributed by atoms with E-state index in [1.54, 1.807) is 7.11 Å². The molecule has 0 spiro atoms. The van der Waals surface area contributed by atoms with Crippen LogP contribution in [0.2, 0.25) is 0 Å². The number of likely N-dealkylation sites (tertiary alicyclic amines) is 1. The van der Waals surface area contributed by atoms with Crippen molar-refractivity contribution in [1.82, 2.24) is 14.7 Å². The molecule has 0 N–H and O–H groups in total. The molecule has 0 saturated carbocycles. The fraction of sp³-hybridized carbons (Fsp3) is 0.619. The minimum Gasteiger partial charge on any atom is -0.496 e. The Labute approximate surface area is 162 Å². The lowest BCUT2D eigenvalue weighted by Crippen LogP contribution is -2.50. The average molecular weight is 373 g/mol. The van der Waals surface area contributed by atoms with E-state index in [-0.39, 0.29) is 11.8 Å². The van der Waals surface area contributed by atoms with Crippen molar-refractivity contribution in [2.24, 2.45) is 0 Å². The molecule has 0 radical (unpaired) electrons. The van der Waals surface area contributed by atoms with Crippen molar-refractivity contribution >= 4 is 11.8 Å². The summed E-state index contributed by atoms with van der Waals surface area (Å²) in [6.45, 7) is 5.77. The Hall–Kier alpha value is -2.08. The number of amides is 2. The molecule has 2 fully saturated rings. The number of hydrogen-bond acceptors (Lipinski definition) is 4. The number of carbonyl (C=O) groups excluding carboxylic acids is 2. The fourth-order valence-corrected chi connectivity index (χ4v) is 3.90. The summed E-state index contributed by atoms with van der Waals surface area (Å²) in [5.41, 5.74) is 0.930. The van der Waals surface area contributed by atoms with Gasteiger partial charge in [0.15, 0.2) is 0 Å². The molecule has 148 valence electrons. The van der Waals surface area contributed by atoms with Crippen molar-refractivity contribution < 1.29 is 14.3 Å². The Morgan fingerprint density at radius 3 is 2.26 bits per heavy atom. The van der Waals surface area contributed by atoms with E-state index in [9.17, 15) is 9.59 Å². The molecule has 0 bridgehead atoms. The number of piperazine rings is 1. The minimum atomic E-state index is 0.142. The maximum atomic E-state index is 12.6. The summed E-state index contributed by atoms with van der Waals surface area (Å²) in [7, 11) is 1.63. The maximum absolute atomic E-state index is 12.6. The second kappa shape index (κ2) is 9.74. The molecule has 2 saturated heterocycles. The molecule has 0 unspecified atom stereocenters. The van der Waals surface area contributed by atoms with Crippen LogP contribution in [-0.4, -0.2) is 79.4 Å². The van der Waals surface area contributed by atoms with Gasteiger partial charge in [0.25, 0.3) is 0 Å². The Morgan fingerprint density at radius 2 is 1.56 bits per heavy atom. The van der Waals surface area contributed by atoms with Gasteiger partial charge in [-0.15, -0.1) is 0 Å². The molecular formula is C21H31N3O3. The minimum absolute atomic E-state index is 0.142. The summed E-state index contributed by atoms with van der Waals surface area (Å²) >= 11 is 0. The van der Waals surface area contributed by atoms with E-state index in [1.807, 2.05) is 34.1 Å². The summed E-state index contributed by atoms with van der Waals surface area (Å²) in [4.78, 5) is 31.1. The van der Waals surface area contributed by atoms with Crippen molar-refractivity contribution in [3.8, 4) is 5.75 Å². The van der Waals surface area contributed by atoms with Gasteiger partial charge in [0.2, 0.25) is 11.8 Å². The number of para-hydroxylation sites is 1. The van der Waals surface area contributed by atoms with E-state index in [0.717, 1.165) is 70.0 Å². The third-order valence-electron chi connectivity index (χ3n) is 5.61. The number of piperidine rings is 1. The van der Waals surface area contributed by atoms with Crippen molar-refractivity contribution in [2.75, 3.05) is 52.9 Å². The molecule has 1 aromatic rings. The van der Waals surface area contributed by atoms with Gasteiger partial charge in [-0.25, -0.2) is 0 Å². The molecule has 3 rings (SSSR count). The molecule has 6 heteroatoms. The Balaban J connectivity index is 1.40. The first-order chi connectivity index (χ1) is 13.2. The van der Waals surface area contributed by atoms with Gasteiger partial charge in [-0.05, 0) is 25.3 Å². The summed E-state index contributed by atoms with van der Waals surface area (Å²) in [5, 5.41) is 0. The van der Waals surface area contributed by atoms with E-state index >= 15 is 0 Å². The van der Waals surface area contributed by atoms with Crippen LogP contribution >= 0.6 is 0 Å². The molecule has 0 atom stereocenters. The monoisotopic (exact) mass is 373 g/mol. The van der Waals surface area contributed by atoms with E-state index in [4.69, 9.17) is 4.74 Å². The highest BCUT2D eigenvalue weighted by Gasteiger charge is 2.23. The second-order valence-corrected chi connectivity index (χ2v) is 7.40. The van der Waals surface area contributed by atoms with E-state index in [1.165, 1.54) is 6.42 Å². The van der Waals surface area contributed by atoms with Gasteiger partial charge >= 0.3 is 0 Å². The molecule has 1 aromatic carbocycles. The Morgan fingerprint density at radius 1 is 0.889 bits per heavy atom. The molecule has 2 aliphatic rings. The number of ether oxygens (including phenoxy) is 1. The van der Waals surface area contributed by atoms with Gasteiger partial charge < -0.3 is 14.5 Å². The number of rotatable bonds is 6. The van der Waals surface area contributed by atoms with E-state index < -0.39 is 0 Å². The topological polar surface area (TPSA) is 53.1 Å².